The number of halogens is 2. The Bertz CT molecular complexity index is 1210. The lowest BCUT2D eigenvalue weighted by atomic mass is 10.0. The molecule has 9 nitrogen and oxygen atoms in total. The molecule has 4 rings (SSSR count). The largest absolute Gasteiger partial charge is 0.460 e. The molecule has 2 aromatic heterocycles. The lowest BCUT2D eigenvalue weighted by Gasteiger charge is -2.32. The summed E-state index contributed by atoms with van der Waals surface area (Å²) in [7, 11) is 0. The number of aromatic nitrogens is 4. The molecule has 1 aliphatic heterocycles. The van der Waals surface area contributed by atoms with Crippen molar-refractivity contribution >= 4 is 17.4 Å². The van der Waals surface area contributed by atoms with Gasteiger partial charge in [-0.05, 0) is 12.1 Å². The molecule has 0 bridgehead atoms. The number of hydrogen-bond donors (Lipinski definition) is 1. The first-order valence-corrected chi connectivity index (χ1v) is 9.71. The highest BCUT2D eigenvalue weighted by molar-refractivity contribution is 6.08. The smallest absolute Gasteiger partial charge is 0.318 e. The number of carbonyl (C=O) groups is 1. The maximum atomic E-state index is 15.1. The number of benzene rings is 1. The second-order valence-electron chi connectivity index (χ2n) is 7.07. The van der Waals surface area contributed by atoms with Gasteiger partial charge in [-0.15, -0.1) is 0 Å². The number of nitriles is 1. The molecule has 0 unspecified atom stereocenters. The quantitative estimate of drug-likeness (QED) is 0.597. The van der Waals surface area contributed by atoms with Crippen LogP contribution in [-0.2, 0) is 0 Å². The van der Waals surface area contributed by atoms with Crippen molar-refractivity contribution in [1.82, 2.24) is 19.9 Å². The molecule has 0 aliphatic carbocycles. The first-order valence-electron chi connectivity index (χ1n) is 9.71. The third-order valence-electron chi connectivity index (χ3n) is 5.00. The topological polar surface area (TPSA) is 131 Å². The molecule has 2 N–H and O–H groups in total. The van der Waals surface area contributed by atoms with Crippen molar-refractivity contribution in [2.45, 2.75) is 18.9 Å². The second kappa shape index (κ2) is 8.89. The van der Waals surface area contributed by atoms with Crippen LogP contribution in [0.25, 0.3) is 0 Å². The zero-order chi connectivity index (χ0) is 22.7. The van der Waals surface area contributed by atoms with E-state index >= 15 is 4.39 Å². The van der Waals surface area contributed by atoms with Crippen molar-refractivity contribution in [3.05, 3.63) is 65.2 Å². The zero-order valence-corrected chi connectivity index (χ0v) is 16.7. The van der Waals surface area contributed by atoms with Crippen LogP contribution in [0.3, 0.4) is 0 Å². The highest BCUT2D eigenvalue weighted by Crippen LogP contribution is 2.25. The van der Waals surface area contributed by atoms with Gasteiger partial charge in [0, 0.05) is 31.5 Å². The van der Waals surface area contributed by atoms with Gasteiger partial charge in [0.05, 0.1) is 17.8 Å². The van der Waals surface area contributed by atoms with Gasteiger partial charge in [0.2, 0.25) is 5.78 Å². The number of piperidine rings is 1. The highest BCUT2D eigenvalue weighted by atomic mass is 19.1. The van der Waals surface area contributed by atoms with E-state index in [1.165, 1.54) is 12.1 Å². The standard InChI is InChI=1S/C21H17F2N7O2/c22-15-10-26-21(29-19(15)25)32-14-4-6-30(7-5-14)20-16(23)17(27-11-28-20)18(31)13-3-1-2-12(8-13)9-24/h1-3,8,10-11,14H,4-7H2,(H2,25,26,29). The van der Waals surface area contributed by atoms with Crippen LogP contribution < -0.4 is 15.4 Å². The van der Waals surface area contributed by atoms with Crippen LogP contribution in [0.1, 0.15) is 34.5 Å². The highest BCUT2D eigenvalue weighted by Gasteiger charge is 2.27. The summed E-state index contributed by atoms with van der Waals surface area (Å²) >= 11 is 0. The average Bonchev–Trinajstić information content (AvgIpc) is 2.82. The summed E-state index contributed by atoms with van der Waals surface area (Å²) in [5.41, 5.74) is 5.52. The fraction of sp³-hybridized carbons (Fsp3) is 0.238. The molecular formula is C21H17F2N7O2. The van der Waals surface area contributed by atoms with Gasteiger partial charge in [0.1, 0.15) is 12.4 Å². The molecule has 3 heterocycles. The number of nitrogens with zero attached hydrogens (tertiary/aromatic N) is 6. The number of ether oxygens (including phenoxy) is 1. The molecule has 11 heteroatoms. The van der Waals surface area contributed by atoms with Crippen molar-refractivity contribution in [3.8, 4) is 12.1 Å². The molecule has 1 saturated heterocycles. The average molecular weight is 437 g/mol. The maximum absolute atomic E-state index is 15.1. The Labute approximate surface area is 181 Å². The fourth-order valence-corrected chi connectivity index (χ4v) is 3.36. The minimum atomic E-state index is -0.825. The van der Waals surface area contributed by atoms with E-state index in [0.717, 1.165) is 12.5 Å². The summed E-state index contributed by atoms with van der Waals surface area (Å²) in [5.74, 6) is -2.47. The molecule has 1 aromatic carbocycles. The van der Waals surface area contributed by atoms with Gasteiger partial charge < -0.3 is 15.4 Å². The molecule has 1 aliphatic rings. The number of nitrogen functional groups attached to an aromatic ring is 1. The fourth-order valence-electron chi connectivity index (χ4n) is 3.36. The third-order valence-corrected chi connectivity index (χ3v) is 5.00. The Kier molecular flexibility index (Phi) is 5.85. The van der Waals surface area contributed by atoms with Gasteiger partial charge in [-0.3, -0.25) is 4.79 Å². The number of anilines is 2. The molecule has 32 heavy (non-hydrogen) atoms. The number of nitrogens with two attached hydrogens (primary N) is 1. The zero-order valence-electron chi connectivity index (χ0n) is 16.7. The predicted octanol–water partition coefficient (Wildman–Crippen LogP) is 2.28. The van der Waals surface area contributed by atoms with E-state index in [-0.39, 0.29) is 35.0 Å². The van der Waals surface area contributed by atoms with Gasteiger partial charge in [-0.2, -0.15) is 10.2 Å². The molecule has 0 spiro atoms. The summed E-state index contributed by atoms with van der Waals surface area (Å²) in [4.78, 5) is 29.8. The SMILES string of the molecule is N#Cc1cccc(C(=O)c2ncnc(N3CCC(Oc4ncc(F)c(N)n4)CC3)c2F)c1. The Morgan fingerprint density at radius 2 is 2.00 bits per heavy atom. The van der Waals surface area contributed by atoms with Gasteiger partial charge in [0.15, 0.2) is 29.0 Å². The summed E-state index contributed by atoms with van der Waals surface area (Å²) in [6.45, 7) is 0.791. The molecule has 1 fully saturated rings. The van der Waals surface area contributed by atoms with Crippen LogP contribution in [0.4, 0.5) is 20.4 Å². The summed E-state index contributed by atoms with van der Waals surface area (Å²) < 4.78 is 34.0. The molecule has 3 aromatic rings. The molecular weight excluding hydrogens is 420 g/mol. The number of rotatable bonds is 5. The van der Waals surface area contributed by atoms with E-state index in [2.05, 4.69) is 19.9 Å². The lowest BCUT2D eigenvalue weighted by Crippen LogP contribution is -2.39. The van der Waals surface area contributed by atoms with E-state index in [4.69, 9.17) is 15.7 Å². The van der Waals surface area contributed by atoms with Gasteiger partial charge in [-0.1, -0.05) is 12.1 Å². The Balaban J connectivity index is 1.46. The predicted molar refractivity (Wildman–Crippen MR) is 109 cm³/mol. The summed E-state index contributed by atoms with van der Waals surface area (Å²) in [6, 6.07) is 7.91. The lowest BCUT2D eigenvalue weighted by molar-refractivity contribution is 0.102. The number of carbonyl (C=O) groups excluding carboxylic acids is 1. The van der Waals surface area contributed by atoms with Crippen molar-refractivity contribution in [3.63, 3.8) is 0 Å². The van der Waals surface area contributed by atoms with E-state index < -0.39 is 17.4 Å². The first-order chi connectivity index (χ1) is 15.5. The van der Waals surface area contributed by atoms with Crippen molar-refractivity contribution in [1.29, 1.82) is 5.26 Å². The Morgan fingerprint density at radius 3 is 2.72 bits per heavy atom. The molecule has 162 valence electrons. The number of ketones is 1. The minimum Gasteiger partial charge on any atom is -0.460 e. The summed E-state index contributed by atoms with van der Waals surface area (Å²) in [5, 5.41) is 9.01. The summed E-state index contributed by atoms with van der Waals surface area (Å²) in [6.07, 6.45) is 2.80. The molecule has 0 atom stereocenters. The number of hydrogen-bond acceptors (Lipinski definition) is 9. The second-order valence-corrected chi connectivity index (χ2v) is 7.07. The van der Waals surface area contributed by atoms with Gasteiger partial charge >= 0.3 is 6.01 Å². The first kappa shape index (κ1) is 21.0. The monoisotopic (exact) mass is 437 g/mol. The minimum absolute atomic E-state index is 0.0144. The molecule has 0 radical (unpaired) electrons. The van der Waals surface area contributed by atoms with E-state index in [1.807, 2.05) is 6.07 Å². The van der Waals surface area contributed by atoms with Crippen LogP contribution in [0.5, 0.6) is 6.01 Å². The Hall–Kier alpha value is -4.20. The van der Waals surface area contributed by atoms with Crippen LogP contribution >= 0.6 is 0 Å². The molecule has 0 saturated carbocycles. The van der Waals surface area contributed by atoms with E-state index in [0.29, 0.717) is 31.5 Å². The van der Waals surface area contributed by atoms with E-state index in [9.17, 15) is 9.18 Å². The van der Waals surface area contributed by atoms with Crippen molar-refractivity contribution < 1.29 is 18.3 Å². The molecule has 0 amide bonds. The maximum Gasteiger partial charge on any atom is 0.318 e. The van der Waals surface area contributed by atoms with Crippen molar-refractivity contribution in [2.24, 2.45) is 0 Å². The van der Waals surface area contributed by atoms with Crippen molar-refractivity contribution in [2.75, 3.05) is 23.7 Å². The normalized spacial score (nSPS) is 14.1. The third kappa shape index (κ3) is 4.29. The van der Waals surface area contributed by atoms with Crippen LogP contribution in [-0.4, -0.2) is 44.9 Å². The van der Waals surface area contributed by atoms with Gasteiger partial charge in [0.25, 0.3) is 0 Å². The Morgan fingerprint density at radius 1 is 1.22 bits per heavy atom. The van der Waals surface area contributed by atoms with Crippen LogP contribution in [0.15, 0.2) is 36.8 Å². The van der Waals surface area contributed by atoms with Gasteiger partial charge in [-0.25, -0.2) is 23.7 Å². The van der Waals surface area contributed by atoms with Crippen LogP contribution in [0.2, 0.25) is 0 Å². The van der Waals surface area contributed by atoms with Crippen LogP contribution in [0, 0.1) is 23.0 Å². The van der Waals surface area contributed by atoms with E-state index in [1.54, 1.807) is 17.0 Å².